The van der Waals surface area contributed by atoms with Gasteiger partial charge in [-0.2, -0.15) is 0 Å². The summed E-state index contributed by atoms with van der Waals surface area (Å²) in [5.41, 5.74) is 0. The first kappa shape index (κ1) is 9.40. The Bertz CT molecular complexity index is 350. The van der Waals surface area contributed by atoms with Gasteiger partial charge in [0.15, 0.2) is 0 Å². The highest BCUT2D eigenvalue weighted by atomic mass is 16.3. The lowest BCUT2D eigenvalue weighted by Crippen LogP contribution is -2.18. The van der Waals surface area contributed by atoms with Crippen LogP contribution in [-0.2, 0) is 13.5 Å². The minimum absolute atomic E-state index is 0.165. The Morgan fingerprint density at radius 2 is 2.27 bits per heavy atom. The van der Waals surface area contributed by atoms with Crippen molar-refractivity contribution in [1.82, 2.24) is 9.55 Å². The van der Waals surface area contributed by atoms with Crippen LogP contribution in [-0.4, -0.2) is 20.8 Å². The second-order valence-corrected chi connectivity index (χ2v) is 5.06. The van der Waals surface area contributed by atoms with E-state index >= 15 is 0 Å². The van der Waals surface area contributed by atoms with Crippen LogP contribution in [0.1, 0.15) is 25.1 Å². The molecular formula is C12H18N2O. The van der Waals surface area contributed by atoms with E-state index in [0.29, 0.717) is 5.92 Å². The average molecular weight is 206 g/mol. The zero-order valence-corrected chi connectivity index (χ0v) is 9.13. The monoisotopic (exact) mass is 206 g/mol. The molecule has 3 heteroatoms. The maximum absolute atomic E-state index is 10.1. The van der Waals surface area contributed by atoms with Gasteiger partial charge >= 0.3 is 0 Å². The average Bonchev–Trinajstić information content (AvgIpc) is 2.60. The highest BCUT2D eigenvalue weighted by Crippen LogP contribution is 2.59. The molecule has 0 spiro atoms. The van der Waals surface area contributed by atoms with Crippen LogP contribution in [0.4, 0.5) is 0 Å². The van der Waals surface area contributed by atoms with Crippen LogP contribution in [0.3, 0.4) is 0 Å². The molecule has 0 bridgehead atoms. The third kappa shape index (κ3) is 1.49. The predicted molar refractivity (Wildman–Crippen MR) is 57.2 cm³/mol. The highest BCUT2D eigenvalue weighted by molar-refractivity contribution is 5.06. The van der Waals surface area contributed by atoms with Gasteiger partial charge in [-0.15, -0.1) is 0 Å². The molecule has 0 radical (unpaired) electrons. The SMILES string of the molecule is Cn1ccnc1CC(O)C1C2CCCC21. The van der Waals surface area contributed by atoms with Crippen molar-refractivity contribution in [2.75, 3.05) is 0 Å². The molecule has 1 aromatic heterocycles. The van der Waals surface area contributed by atoms with E-state index in [1.165, 1.54) is 19.3 Å². The van der Waals surface area contributed by atoms with Gasteiger partial charge in [-0.3, -0.25) is 0 Å². The van der Waals surface area contributed by atoms with Crippen molar-refractivity contribution < 1.29 is 5.11 Å². The van der Waals surface area contributed by atoms with Crippen molar-refractivity contribution in [2.24, 2.45) is 24.8 Å². The third-order valence-corrected chi connectivity index (χ3v) is 4.23. The number of imidazole rings is 1. The van der Waals surface area contributed by atoms with Gasteiger partial charge in [0, 0.05) is 25.9 Å². The molecule has 82 valence electrons. The summed E-state index contributed by atoms with van der Waals surface area (Å²) in [4.78, 5) is 4.26. The molecule has 2 aliphatic rings. The number of rotatable bonds is 3. The summed E-state index contributed by atoms with van der Waals surface area (Å²) in [5, 5.41) is 10.1. The Hall–Kier alpha value is -0.830. The van der Waals surface area contributed by atoms with Gasteiger partial charge < -0.3 is 9.67 Å². The van der Waals surface area contributed by atoms with Gasteiger partial charge in [-0.05, 0) is 30.6 Å². The molecule has 1 aromatic rings. The van der Waals surface area contributed by atoms with E-state index < -0.39 is 0 Å². The van der Waals surface area contributed by atoms with Crippen LogP contribution < -0.4 is 0 Å². The van der Waals surface area contributed by atoms with Crippen molar-refractivity contribution in [3.8, 4) is 0 Å². The molecule has 0 aliphatic heterocycles. The van der Waals surface area contributed by atoms with E-state index in [1.54, 1.807) is 6.20 Å². The van der Waals surface area contributed by atoms with Crippen LogP contribution in [0.25, 0.3) is 0 Å². The van der Waals surface area contributed by atoms with Crippen molar-refractivity contribution in [1.29, 1.82) is 0 Å². The van der Waals surface area contributed by atoms with E-state index in [-0.39, 0.29) is 6.10 Å². The van der Waals surface area contributed by atoms with Gasteiger partial charge in [0.05, 0.1) is 6.10 Å². The molecule has 3 nitrogen and oxygen atoms in total. The maximum atomic E-state index is 10.1. The largest absolute Gasteiger partial charge is 0.392 e. The van der Waals surface area contributed by atoms with Crippen LogP contribution >= 0.6 is 0 Å². The quantitative estimate of drug-likeness (QED) is 0.811. The zero-order chi connectivity index (χ0) is 10.4. The van der Waals surface area contributed by atoms with Gasteiger partial charge in [0.2, 0.25) is 0 Å². The summed E-state index contributed by atoms with van der Waals surface area (Å²) < 4.78 is 2.00. The second-order valence-electron chi connectivity index (χ2n) is 5.06. The van der Waals surface area contributed by atoms with Gasteiger partial charge in [0.25, 0.3) is 0 Å². The smallest absolute Gasteiger partial charge is 0.110 e. The number of fused-ring (bicyclic) bond motifs is 1. The Labute approximate surface area is 90.1 Å². The number of hydrogen-bond acceptors (Lipinski definition) is 2. The standard InChI is InChI=1S/C12H18N2O/c1-14-6-5-13-11(14)7-10(15)12-8-3-2-4-9(8)12/h5-6,8-10,12,15H,2-4,7H2,1H3. The first-order chi connectivity index (χ1) is 7.27. The number of aryl methyl sites for hydroxylation is 1. The Morgan fingerprint density at radius 3 is 2.87 bits per heavy atom. The van der Waals surface area contributed by atoms with Gasteiger partial charge in [0.1, 0.15) is 5.82 Å². The summed E-state index contributed by atoms with van der Waals surface area (Å²) in [6.07, 6.45) is 8.36. The van der Waals surface area contributed by atoms with Crippen LogP contribution in [0.5, 0.6) is 0 Å². The maximum Gasteiger partial charge on any atom is 0.110 e. The summed E-state index contributed by atoms with van der Waals surface area (Å²) in [7, 11) is 1.99. The van der Waals surface area contributed by atoms with Gasteiger partial charge in [-0.25, -0.2) is 4.98 Å². The zero-order valence-electron chi connectivity index (χ0n) is 9.13. The fourth-order valence-corrected chi connectivity index (χ4v) is 3.36. The fourth-order valence-electron chi connectivity index (χ4n) is 3.36. The first-order valence-corrected chi connectivity index (χ1v) is 5.91. The normalized spacial score (nSPS) is 35.2. The summed E-state index contributed by atoms with van der Waals surface area (Å²) in [5.74, 6) is 3.25. The molecule has 1 N–H and O–H groups in total. The summed E-state index contributed by atoms with van der Waals surface area (Å²) >= 11 is 0. The number of aromatic nitrogens is 2. The Kier molecular flexibility index (Phi) is 2.09. The number of aliphatic hydroxyl groups excluding tert-OH is 1. The molecule has 3 atom stereocenters. The summed E-state index contributed by atoms with van der Waals surface area (Å²) in [6, 6.07) is 0. The van der Waals surface area contributed by atoms with Crippen molar-refractivity contribution in [2.45, 2.75) is 31.8 Å². The number of hydrogen-bond donors (Lipinski definition) is 1. The Morgan fingerprint density at radius 1 is 1.53 bits per heavy atom. The lowest BCUT2D eigenvalue weighted by molar-refractivity contribution is 0.132. The van der Waals surface area contributed by atoms with E-state index in [2.05, 4.69) is 4.98 Å². The van der Waals surface area contributed by atoms with Crippen LogP contribution in [0.2, 0.25) is 0 Å². The van der Waals surface area contributed by atoms with E-state index in [9.17, 15) is 5.11 Å². The molecule has 15 heavy (non-hydrogen) atoms. The molecule has 2 fully saturated rings. The summed E-state index contributed by atoms with van der Waals surface area (Å²) in [6.45, 7) is 0. The number of aliphatic hydroxyl groups is 1. The number of nitrogens with zero attached hydrogens (tertiary/aromatic N) is 2. The minimum atomic E-state index is -0.165. The van der Waals surface area contributed by atoms with Crippen molar-refractivity contribution >= 4 is 0 Å². The third-order valence-electron chi connectivity index (χ3n) is 4.23. The van der Waals surface area contributed by atoms with E-state index in [0.717, 1.165) is 24.1 Å². The molecule has 3 unspecified atom stereocenters. The van der Waals surface area contributed by atoms with Gasteiger partial charge in [-0.1, -0.05) is 6.42 Å². The van der Waals surface area contributed by atoms with Crippen LogP contribution in [0, 0.1) is 17.8 Å². The lowest BCUT2D eigenvalue weighted by Gasteiger charge is -2.12. The van der Waals surface area contributed by atoms with Crippen molar-refractivity contribution in [3.05, 3.63) is 18.2 Å². The van der Waals surface area contributed by atoms with E-state index in [4.69, 9.17) is 0 Å². The topological polar surface area (TPSA) is 38.0 Å². The molecule has 1 heterocycles. The highest BCUT2D eigenvalue weighted by Gasteiger charge is 2.55. The van der Waals surface area contributed by atoms with Crippen molar-refractivity contribution in [3.63, 3.8) is 0 Å². The van der Waals surface area contributed by atoms with E-state index in [1.807, 2.05) is 17.8 Å². The molecule has 3 rings (SSSR count). The second kappa shape index (κ2) is 3.34. The predicted octanol–water partition coefficient (Wildman–Crippen LogP) is 1.37. The molecule has 2 aliphatic carbocycles. The Balaban J connectivity index is 1.63. The minimum Gasteiger partial charge on any atom is -0.392 e. The molecule has 0 saturated heterocycles. The molecule has 0 aromatic carbocycles. The molecule has 0 amide bonds. The molecular weight excluding hydrogens is 188 g/mol. The molecule has 2 saturated carbocycles. The lowest BCUT2D eigenvalue weighted by atomic mass is 10.0. The fraction of sp³-hybridized carbons (Fsp3) is 0.750. The van der Waals surface area contributed by atoms with Crippen LogP contribution in [0.15, 0.2) is 12.4 Å². The first-order valence-electron chi connectivity index (χ1n) is 5.91.